The number of amides is 1. The van der Waals surface area contributed by atoms with Gasteiger partial charge in [-0.15, -0.1) is 0 Å². The van der Waals surface area contributed by atoms with Crippen LogP contribution in [0.3, 0.4) is 0 Å². The topological polar surface area (TPSA) is 75.9 Å². The molecule has 7 nitrogen and oxygen atoms in total. The molecule has 0 bridgehead atoms. The van der Waals surface area contributed by atoms with Gasteiger partial charge in [0.2, 0.25) is 0 Å². The number of hydrogen-bond acceptors (Lipinski definition) is 5. The first-order valence-corrected chi connectivity index (χ1v) is 8.11. The van der Waals surface area contributed by atoms with E-state index in [0.29, 0.717) is 56.8 Å². The summed E-state index contributed by atoms with van der Waals surface area (Å²) in [5.41, 5.74) is 0.877. The van der Waals surface area contributed by atoms with E-state index >= 15 is 0 Å². The number of piperazine rings is 1. The maximum Gasteiger partial charge on any atom is 0.409 e. The maximum absolute atomic E-state index is 14.2. The molecule has 2 aliphatic rings. The number of carbonyl (C=O) groups excluding carboxylic acids is 1. The number of ether oxygens (including phenoxy) is 1. The second-order valence-electron chi connectivity index (χ2n) is 6.09. The molecule has 1 aromatic carbocycles. The first-order chi connectivity index (χ1) is 11.5. The van der Waals surface area contributed by atoms with Crippen LogP contribution >= 0.6 is 0 Å². The fourth-order valence-electron chi connectivity index (χ4n) is 3.54. The smallest absolute Gasteiger partial charge is 0.409 e. The van der Waals surface area contributed by atoms with Crippen molar-refractivity contribution in [2.45, 2.75) is 32.4 Å². The SMILES string of the molecule is CCOC(=O)N1CCN2Cc3c(F)ccc([N+](=O)[O-])c3CCC2C1. The lowest BCUT2D eigenvalue weighted by atomic mass is 10.00. The predicted octanol–water partition coefficient (Wildman–Crippen LogP) is 2.32. The molecule has 130 valence electrons. The normalized spacial score (nSPS) is 20.8. The van der Waals surface area contributed by atoms with Gasteiger partial charge in [-0.2, -0.15) is 0 Å². The van der Waals surface area contributed by atoms with Crippen LogP contribution in [-0.2, 0) is 17.7 Å². The van der Waals surface area contributed by atoms with Crippen molar-refractivity contribution in [3.8, 4) is 0 Å². The zero-order chi connectivity index (χ0) is 17.3. The standard InChI is InChI=1S/C16H20FN3O4/c1-2-24-16(21)19-8-7-18-10-13-12(4-3-11(18)9-19)15(20(22)23)6-5-14(13)17/h5-6,11H,2-4,7-10H2,1H3. The second-order valence-corrected chi connectivity index (χ2v) is 6.09. The number of benzene rings is 1. The van der Waals surface area contributed by atoms with E-state index in [4.69, 9.17) is 4.74 Å². The number of carbonyl (C=O) groups is 1. The summed E-state index contributed by atoms with van der Waals surface area (Å²) in [6, 6.07) is 2.46. The zero-order valence-corrected chi connectivity index (χ0v) is 13.5. The predicted molar refractivity (Wildman–Crippen MR) is 84.2 cm³/mol. The van der Waals surface area contributed by atoms with Crippen LogP contribution in [0.2, 0.25) is 0 Å². The number of nitro benzene ring substituents is 1. The van der Waals surface area contributed by atoms with Crippen LogP contribution in [0.4, 0.5) is 14.9 Å². The number of rotatable bonds is 2. The third kappa shape index (κ3) is 3.06. The fraction of sp³-hybridized carbons (Fsp3) is 0.562. The minimum absolute atomic E-state index is 0.0199. The monoisotopic (exact) mass is 337 g/mol. The van der Waals surface area contributed by atoms with E-state index in [1.54, 1.807) is 11.8 Å². The molecule has 1 amide bonds. The van der Waals surface area contributed by atoms with E-state index < -0.39 is 10.7 Å². The van der Waals surface area contributed by atoms with Gasteiger partial charge in [-0.25, -0.2) is 9.18 Å². The van der Waals surface area contributed by atoms with E-state index in [9.17, 15) is 19.3 Å². The minimum Gasteiger partial charge on any atom is -0.450 e. The molecule has 8 heteroatoms. The van der Waals surface area contributed by atoms with Crippen molar-refractivity contribution in [3.05, 3.63) is 39.2 Å². The average molecular weight is 337 g/mol. The molecule has 2 heterocycles. The van der Waals surface area contributed by atoms with Crippen LogP contribution < -0.4 is 0 Å². The van der Waals surface area contributed by atoms with Crippen molar-refractivity contribution in [2.24, 2.45) is 0 Å². The molecule has 1 fully saturated rings. The first kappa shape index (κ1) is 16.6. The number of halogens is 1. The number of hydrogen-bond donors (Lipinski definition) is 0. The highest BCUT2D eigenvalue weighted by Gasteiger charge is 2.35. The molecule has 1 aromatic rings. The van der Waals surface area contributed by atoms with Crippen LogP contribution in [0.15, 0.2) is 12.1 Å². The Labute approximate surface area is 139 Å². The summed E-state index contributed by atoms with van der Waals surface area (Å²) in [4.78, 5) is 26.4. The van der Waals surface area contributed by atoms with Gasteiger partial charge < -0.3 is 9.64 Å². The largest absolute Gasteiger partial charge is 0.450 e. The molecule has 0 spiro atoms. The Bertz CT molecular complexity index is 667. The van der Waals surface area contributed by atoms with Crippen LogP contribution in [0.5, 0.6) is 0 Å². The van der Waals surface area contributed by atoms with E-state index in [-0.39, 0.29) is 17.8 Å². The first-order valence-electron chi connectivity index (χ1n) is 8.11. The Morgan fingerprint density at radius 1 is 1.42 bits per heavy atom. The molecule has 24 heavy (non-hydrogen) atoms. The molecule has 1 atom stereocenters. The molecular formula is C16H20FN3O4. The van der Waals surface area contributed by atoms with Crippen molar-refractivity contribution in [2.75, 3.05) is 26.2 Å². The lowest BCUT2D eigenvalue weighted by molar-refractivity contribution is -0.385. The highest BCUT2D eigenvalue weighted by molar-refractivity contribution is 5.67. The van der Waals surface area contributed by atoms with Gasteiger partial charge in [0.15, 0.2) is 0 Å². The van der Waals surface area contributed by atoms with Crippen molar-refractivity contribution in [1.29, 1.82) is 0 Å². The van der Waals surface area contributed by atoms with Gasteiger partial charge in [0.05, 0.1) is 11.5 Å². The highest BCUT2D eigenvalue weighted by atomic mass is 19.1. The van der Waals surface area contributed by atoms with Gasteiger partial charge in [0.1, 0.15) is 5.82 Å². The molecule has 1 unspecified atom stereocenters. The summed E-state index contributed by atoms with van der Waals surface area (Å²) in [6.45, 7) is 4.05. The Kier molecular flexibility index (Phi) is 4.66. The summed E-state index contributed by atoms with van der Waals surface area (Å²) >= 11 is 0. The second kappa shape index (κ2) is 6.72. The summed E-state index contributed by atoms with van der Waals surface area (Å²) in [5.74, 6) is -0.399. The van der Waals surface area contributed by atoms with Crippen molar-refractivity contribution in [1.82, 2.24) is 9.80 Å². The molecule has 0 N–H and O–H groups in total. The van der Waals surface area contributed by atoms with E-state index in [2.05, 4.69) is 4.90 Å². The highest BCUT2D eigenvalue weighted by Crippen LogP contribution is 2.32. The zero-order valence-electron chi connectivity index (χ0n) is 13.5. The lowest BCUT2D eigenvalue weighted by Crippen LogP contribution is -2.54. The van der Waals surface area contributed by atoms with Crippen molar-refractivity contribution >= 4 is 11.8 Å². The Balaban J connectivity index is 1.83. The van der Waals surface area contributed by atoms with Gasteiger partial charge in [0, 0.05) is 49.4 Å². The third-order valence-electron chi connectivity index (χ3n) is 4.77. The maximum atomic E-state index is 14.2. The van der Waals surface area contributed by atoms with E-state index in [1.165, 1.54) is 12.1 Å². The van der Waals surface area contributed by atoms with Crippen LogP contribution in [0.25, 0.3) is 0 Å². The number of nitrogens with zero attached hydrogens (tertiary/aromatic N) is 3. The molecule has 0 aromatic heterocycles. The quantitative estimate of drug-likeness (QED) is 0.611. The minimum atomic E-state index is -0.451. The summed E-state index contributed by atoms with van der Waals surface area (Å²) < 4.78 is 19.3. The molecule has 0 aliphatic carbocycles. The summed E-state index contributed by atoms with van der Waals surface area (Å²) in [7, 11) is 0. The van der Waals surface area contributed by atoms with Gasteiger partial charge in [0.25, 0.3) is 5.69 Å². The van der Waals surface area contributed by atoms with Gasteiger partial charge in [-0.3, -0.25) is 15.0 Å². The van der Waals surface area contributed by atoms with Crippen molar-refractivity contribution in [3.63, 3.8) is 0 Å². The van der Waals surface area contributed by atoms with Crippen LogP contribution in [0, 0.1) is 15.9 Å². The summed E-state index contributed by atoms with van der Waals surface area (Å²) in [6.07, 6.45) is 0.741. The molecule has 2 aliphatic heterocycles. The van der Waals surface area contributed by atoms with Crippen LogP contribution in [-0.4, -0.2) is 53.1 Å². The average Bonchev–Trinajstić information content (AvgIpc) is 2.75. The molecule has 0 radical (unpaired) electrons. The molecule has 3 rings (SSSR count). The van der Waals surface area contributed by atoms with E-state index in [0.717, 1.165) is 0 Å². The fourth-order valence-corrected chi connectivity index (χ4v) is 3.54. The molecule has 1 saturated heterocycles. The Morgan fingerprint density at radius 3 is 2.92 bits per heavy atom. The van der Waals surface area contributed by atoms with Gasteiger partial charge >= 0.3 is 6.09 Å². The number of fused-ring (bicyclic) bond motifs is 2. The molecular weight excluding hydrogens is 317 g/mol. The van der Waals surface area contributed by atoms with E-state index in [1.807, 2.05) is 0 Å². The van der Waals surface area contributed by atoms with Gasteiger partial charge in [-0.1, -0.05) is 0 Å². The molecule has 0 saturated carbocycles. The van der Waals surface area contributed by atoms with Crippen molar-refractivity contribution < 1.29 is 18.8 Å². The Morgan fingerprint density at radius 2 is 2.21 bits per heavy atom. The summed E-state index contributed by atoms with van der Waals surface area (Å²) in [5, 5.41) is 11.2. The number of nitro groups is 1. The Hall–Kier alpha value is -2.22. The van der Waals surface area contributed by atoms with Gasteiger partial charge in [-0.05, 0) is 25.8 Å². The third-order valence-corrected chi connectivity index (χ3v) is 4.77. The lowest BCUT2D eigenvalue weighted by Gasteiger charge is -2.40. The van der Waals surface area contributed by atoms with Crippen LogP contribution in [0.1, 0.15) is 24.5 Å².